The van der Waals surface area contributed by atoms with Gasteiger partial charge in [-0.05, 0) is 68.1 Å². The third-order valence-corrected chi connectivity index (χ3v) is 4.63. The minimum atomic E-state index is -0.425. The van der Waals surface area contributed by atoms with E-state index in [0.29, 0.717) is 30.9 Å². The average Bonchev–Trinajstić information content (AvgIpc) is 2.69. The lowest BCUT2D eigenvalue weighted by Gasteiger charge is -2.12. The molecule has 0 aliphatic heterocycles. The Hall–Kier alpha value is -3.28. The highest BCUT2D eigenvalue weighted by atomic mass is 16.5. The first-order valence-corrected chi connectivity index (χ1v) is 9.56. The summed E-state index contributed by atoms with van der Waals surface area (Å²) in [5, 5.41) is 3.60. The van der Waals surface area contributed by atoms with E-state index in [-0.39, 0.29) is 12.5 Å². The van der Waals surface area contributed by atoms with Crippen LogP contribution in [-0.2, 0) is 4.79 Å². The number of fused-ring (bicyclic) bond motifs is 1. The first-order valence-electron chi connectivity index (χ1n) is 9.56. The van der Waals surface area contributed by atoms with Crippen molar-refractivity contribution in [2.75, 3.05) is 19.8 Å². The number of benzene rings is 2. The van der Waals surface area contributed by atoms with Crippen molar-refractivity contribution in [3.63, 3.8) is 0 Å². The maximum atomic E-state index is 12.0. The number of carbonyl (C=O) groups is 1. The highest BCUT2D eigenvalue weighted by molar-refractivity contribution is 5.79. The zero-order valence-corrected chi connectivity index (χ0v) is 16.9. The molecule has 6 nitrogen and oxygen atoms in total. The molecular formula is C23H25NO5. The van der Waals surface area contributed by atoms with Crippen LogP contribution in [-0.4, -0.2) is 25.7 Å². The largest absolute Gasteiger partial charge is 0.493 e. The molecule has 0 bridgehead atoms. The number of amides is 1. The van der Waals surface area contributed by atoms with Gasteiger partial charge in [0.15, 0.2) is 6.61 Å². The fourth-order valence-corrected chi connectivity index (χ4v) is 2.96. The Morgan fingerprint density at radius 3 is 2.66 bits per heavy atom. The first-order chi connectivity index (χ1) is 13.9. The summed E-state index contributed by atoms with van der Waals surface area (Å²) in [6, 6.07) is 12.3. The van der Waals surface area contributed by atoms with Crippen molar-refractivity contribution < 1.29 is 18.7 Å². The number of carbonyl (C=O) groups excluding carboxylic acids is 1. The van der Waals surface area contributed by atoms with Crippen LogP contribution in [0.3, 0.4) is 0 Å². The molecule has 6 heteroatoms. The molecule has 0 unspecified atom stereocenters. The van der Waals surface area contributed by atoms with Crippen LogP contribution in [0.25, 0.3) is 11.0 Å². The van der Waals surface area contributed by atoms with E-state index in [1.165, 1.54) is 17.2 Å². The van der Waals surface area contributed by atoms with Gasteiger partial charge in [-0.2, -0.15) is 0 Å². The van der Waals surface area contributed by atoms with E-state index in [0.717, 1.165) is 16.7 Å². The molecule has 1 N–H and O–H groups in total. The maximum Gasteiger partial charge on any atom is 0.336 e. The molecule has 0 radical (unpaired) electrons. The predicted octanol–water partition coefficient (Wildman–Crippen LogP) is 3.68. The van der Waals surface area contributed by atoms with E-state index in [1.807, 2.05) is 19.9 Å². The fourth-order valence-electron chi connectivity index (χ4n) is 2.96. The molecule has 0 aliphatic carbocycles. The van der Waals surface area contributed by atoms with Gasteiger partial charge < -0.3 is 19.2 Å². The number of rotatable bonds is 8. The second-order valence-corrected chi connectivity index (χ2v) is 7.00. The molecule has 0 aliphatic rings. The van der Waals surface area contributed by atoms with Crippen LogP contribution in [0.4, 0.5) is 0 Å². The van der Waals surface area contributed by atoms with Crippen molar-refractivity contribution in [1.82, 2.24) is 5.32 Å². The van der Waals surface area contributed by atoms with Gasteiger partial charge in [0.1, 0.15) is 17.1 Å². The number of hydrogen-bond donors (Lipinski definition) is 1. The highest BCUT2D eigenvalue weighted by Gasteiger charge is 2.06. The lowest BCUT2D eigenvalue weighted by Crippen LogP contribution is -2.30. The van der Waals surface area contributed by atoms with E-state index in [2.05, 4.69) is 18.3 Å². The second kappa shape index (κ2) is 9.28. The van der Waals surface area contributed by atoms with Gasteiger partial charge in [-0.3, -0.25) is 4.79 Å². The minimum absolute atomic E-state index is 0.111. The van der Waals surface area contributed by atoms with E-state index >= 15 is 0 Å². The summed E-state index contributed by atoms with van der Waals surface area (Å²) in [5.74, 6) is 1.14. The van der Waals surface area contributed by atoms with E-state index in [1.54, 1.807) is 24.3 Å². The SMILES string of the molecule is Cc1cc(C)c(C)c(OCCCNC(=O)COc2ccc3ccc(=O)oc3c2)c1. The summed E-state index contributed by atoms with van der Waals surface area (Å²) in [5.41, 5.74) is 3.51. The lowest BCUT2D eigenvalue weighted by molar-refractivity contribution is -0.123. The summed E-state index contributed by atoms with van der Waals surface area (Å²) < 4.78 is 16.4. The standard InChI is InChI=1S/C23H25NO5/c1-15-11-16(2)17(3)20(12-15)27-10-4-9-24-22(25)14-28-19-7-5-18-6-8-23(26)29-21(18)13-19/h5-8,11-13H,4,9-10,14H2,1-3H3,(H,24,25). The Kier molecular flexibility index (Phi) is 6.54. The van der Waals surface area contributed by atoms with Crippen LogP contribution in [0.1, 0.15) is 23.1 Å². The summed E-state index contributed by atoms with van der Waals surface area (Å²) in [7, 11) is 0. The van der Waals surface area contributed by atoms with Crippen LogP contribution in [0.2, 0.25) is 0 Å². The van der Waals surface area contributed by atoms with Crippen molar-refractivity contribution >= 4 is 16.9 Å². The summed E-state index contributed by atoms with van der Waals surface area (Å²) in [4.78, 5) is 23.3. The Morgan fingerprint density at radius 1 is 1.03 bits per heavy atom. The molecule has 0 fully saturated rings. The van der Waals surface area contributed by atoms with Crippen molar-refractivity contribution in [3.8, 4) is 11.5 Å². The van der Waals surface area contributed by atoms with Gasteiger partial charge in [-0.15, -0.1) is 0 Å². The molecule has 0 saturated carbocycles. The molecule has 152 valence electrons. The number of ether oxygens (including phenoxy) is 2. The molecule has 1 aromatic heterocycles. The topological polar surface area (TPSA) is 77.8 Å². The third-order valence-electron chi connectivity index (χ3n) is 4.63. The molecule has 0 atom stereocenters. The number of hydrogen-bond acceptors (Lipinski definition) is 5. The normalized spacial score (nSPS) is 10.7. The second-order valence-electron chi connectivity index (χ2n) is 7.00. The van der Waals surface area contributed by atoms with Crippen LogP contribution in [0, 0.1) is 20.8 Å². The van der Waals surface area contributed by atoms with Gasteiger partial charge >= 0.3 is 5.63 Å². The van der Waals surface area contributed by atoms with Crippen LogP contribution >= 0.6 is 0 Å². The fraction of sp³-hybridized carbons (Fsp3) is 0.304. The van der Waals surface area contributed by atoms with Gasteiger partial charge in [-0.25, -0.2) is 4.79 Å². The van der Waals surface area contributed by atoms with Gasteiger partial charge in [0.05, 0.1) is 6.61 Å². The Morgan fingerprint density at radius 2 is 1.83 bits per heavy atom. The summed E-state index contributed by atoms with van der Waals surface area (Å²) in [6.45, 7) is 7.06. The first kappa shape index (κ1) is 20.5. The van der Waals surface area contributed by atoms with E-state index in [9.17, 15) is 9.59 Å². The Labute approximate surface area is 169 Å². The molecular weight excluding hydrogens is 370 g/mol. The average molecular weight is 395 g/mol. The number of nitrogens with one attached hydrogen (secondary N) is 1. The predicted molar refractivity (Wildman–Crippen MR) is 112 cm³/mol. The molecule has 0 spiro atoms. The van der Waals surface area contributed by atoms with Crippen LogP contribution in [0.15, 0.2) is 51.7 Å². The van der Waals surface area contributed by atoms with E-state index < -0.39 is 5.63 Å². The summed E-state index contributed by atoms with van der Waals surface area (Å²) >= 11 is 0. The van der Waals surface area contributed by atoms with Crippen molar-refractivity contribution in [3.05, 3.63) is 69.6 Å². The van der Waals surface area contributed by atoms with Gasteiger partial charge in [-0.1, -0.05) is 6.07 Å². The van der Waals surface area contributed by atoms with E-state index in [4.69, 9.17) is 13.9 Å². The quantitative estimate of drug-likeness (QED) is 0.465. The van der Waals surface area contributed by atoms with Crippen LogP contribution < -0.4 is 20.4 Å². The molecule has 2 aromatic carbocycles. The minimum Gasteiger partial charge on any atom is -0.493 e. The molecule has 0 saturated heterocycles. The zero-order valence-electron chi connectivity index (χ0n) is 16.9. The van der Waals surface area contributed by atoms with Crippen LogP contribution in [0.5, 0.6) is 11.5 Å². The van der Waals surface area contributed by atoms with Gasteiger partial charge in [0.25, 0.3) is 5.91 Å². The van der Waals surface area contributed by atoms with Crippen molar-refractivity contribution in [2.24, 2.45) is 0 Å². The smallest absolute Gasteiger partial charge is 0.336 e. The monoisotopic (exact) mass is 395 g/mol. The molecule has 3 rings (SSSR count). The highest BCUT2D eigenvalue weighted by Crippen LogP contribution is 2.23. The molecule has 1 amide bonds. The Bertz CT molecular complexity index is 1070. The van der Waals surface area contributed by atoms with Crippen molar-refractivity contribution in [1.29, 1.82) is 0 Å². The molecule has 3 aromatic rings. The maximum absolute atomic E-state index is 12.0. The van der Waals surface area contributed by atoms with Gasteiger partial charge in [0.2, 0.25) is 0 Å². The zero-order chi connectivity index (χ0) is 20.8. The lowest BCUT2D eigenvalue weighted by atomic mass is 10.1. The molecule has 29 heavy (non-hydrogen) atoms. The number of aryl methyl sites for hydroxylation is 2. The third kappa shape index (κ3) is 5.60. The Balaban J connectivity index is 1.40. The summed E-state index contributed by atoms with van der Waals surface area (Å²) in [6.07, 6.45) is 0.694. The van der Waals surface area contributed by atoms with Gasteiger partial charge in [0, 0.05) is 24.1 Å². The van der Waals surface area contributed by atoms with Crippen molar-refractivity contribution in [2.45, 2.75) is 27.2 Å². The molecule has 1 heterocycles.